The second-order valence-corrected chi connectivity index (χ2v) is 6.38. The second kappa shape index (κ2) is 6.96. The van der Waals surface area contributed by atoms with E-state index in [-0.39, 0.29) is 0 Å². The van der Waals surface area contributed by atoms with Crippen LogP contribution < -0.4 is 0 Å². The van der Waals surface area contributed by atoms with Gasteiger partial charge in [0.25, 0.3) is 0 Å². The summed E-state index contributed by atoms with van der Waals surface area (Å²) in [4.78, 5) is 0. The Morgan fingerprint density at radius 2 is 1.00 bits per heavy atom. The van der Waals surface area contributed by atoms with Crippen LogP contribution in [0.3, 0.4) is 0 Å². The van der Waals surface area contributed by atoms with E-state index in [1.807, 2.05) is 0 Å². The molecular formula is C22H26. The third kappa shape index (κ3) is 3.16. The van der Waals surface area contributed by atoms with Crippen LogP contribution in [0.4, 0.5) is 0 Å². The minimum atomic E-state index is 1.19. The molecule has 3 aromatic carbocycles. The summed E-state index contributed by atoms with van der Waals surface area (Å²) in [5.41, 5.74) is 2.95. The van der Waals surface area contributed by atoms with Gasteiger partial charge >= 0.3 is 0 Å². The van der Waals surface area contributed by atoms with Crippen LogP contribution in [0.2, 0.25) is 0 Å². The third-order valence-electron chi connectivity index (χ3n) is 4.61. The van der Waals surface area contributed by atoms with E-state index in [4.69, 9.17) is 0 Å². The van der Waals surface area contributed by atoms with Gasteiger partial charge in [-0.1, -0.05) is 75.2 Å². The SMILES string of the molecule is CCCCc1ccc2ccc3ccc(CCCC)cc3c2c1. The summed E-state index contributed by atoms with van der Waals surface area (Å²) < 4.78 is 0. The van der Waals surface area contributed by atoms with Crippen molar-refractivity contribution in [3.63, 3.8) is 0 Å². The van der Waals surface area contributed by atoms with Crippen LogP contribution in [0.25, 0.3) is 21.5 Å². The number of rotatable bonds is 6. The number of unbranched alkanes of at least 4 members (excludes halogenated alkanes) is 2. The van der Waals surface area contributed by atoms with Crippen molar-refractivity contribution < 1.29 is 0 Å². The highest BCUT2D eigenvalue weighted by Crippen LogP contribution is 2.28. The van der Waals surface area contributed by atoms with Gasteiger partial charge in [-0.05, 0) is 58.4 Å². The number of hydrogen-bond acceptors (Lipinski definition) is 0. The van der Waals surface area contributed by atoms with E-state index in [1.165, 1.54) is 71.2 Å². The van der Waals surface area contributed by atoms with Crippen LogP contribution in [0, 0.1) is 0 Å². The fourth-order valence-electron chi connectivity index (χ4n) is 3.22. The average Bonchev–Trinajstić information content (AvgIpc) is 2.57. The summed E-state index contributed by atoms with van der Waals surface area (Å²) in [6, 6.07) is 18.5. The monoisotopic (exact) mass is 290 g/mol. The predicted molar refractivity (Wildman–Crippen MR) is 98.7 cm³/mol. The average molecular weight is 290 g/mol. The van der Waals surface area contributed by atoms with Crippen molar-refractivity contribution >= 4 is 21.5 Å². The number of fused-ring (bicyclic) bond motifs is 3. The zero-order chi connectivity index (χ0) is 15.4. The molecule has 0 fully saturated rings. The normalized spacial score (nSPS) is 11.4. The molecule has 0 aliphatic rings. The highest BCUT2D eigenvalue weighted by molar-refractivity contribution is 6.07. The van der Waals surface area contributed by atoms with E-state index in [2.05, 4.69) is 62.4 Å². The van der Waals surface area contributed by atoms with Gasteiger partial charge in [-0.3, -0.25) is 0 Å². The van der Waals surface area contributed by atoms with E-state index in [0.717, 1.165) is 0 Å². The van der Waals surface area contributed by atoms with Gasteiger partial charge in [-0.25, -0.2) is 0 Å². The van der Waals surface area contributed by atoms with Gasteiger partial charge in [0, 0.05) is 0 Å². The highest BCUT2D eigenvalue weighted by Gasteiger charge is 2.04. The fraction of sp³-hybridized carbons (Fsp3) is 0.364. The molecule has 0 saturated carbocycles. The van der Waals surface area contributed by atoms with Gasteiger partial charge in [-0.15, -0.1) is 0 Å². The summed E-state index contributed by atoms with van der Waals surface area (Å²) in [5, 5.41) is 5.56. The fourth-order valence-corrected chi connectivity index (χ4v) is 3.22. The second-order valence-electron chi connectivity index (χ2n) is 6.38. The lowest BCUT2D eigenvalue weighted by atomic mass is 9.96. The maximum Gasteiger partial charge on any atom is -0.0103 e. The summed E-state index contributed by atoms with van der Waals surface area (Å²) in [6.45, 7) is 4.52. The molecule has 0 heteroatoms. The van der Waals surface area contributed by atoms with E-state index in [0.29, 0.717) is 0 Å². The van der Waals surface area contributed by atoms with Gasteiger partial charge in [0.05, 0.1) is 0 Å². The summed E-state index contributed by atoms with van der Waals surface area (Å²) >= 11 is 0. The largest absolute Gasteiger partial charge is 0.0654 e. The Kier molecular flexibility index (Phi) is 4.77. The minimum absolute atomic E-state index is 1.19. The van der Waals surface area contributed by atoms with Crippen LogP contribution in [-0.2, 0) is 12.8 Å². The molecule has 0 N–H and O–H groups in total. The molecule has 0 aliphatic heterocycles. The zero-order valence-electron chi connectivity index (χ0n) is 13.9. The summed E-state index contributed by atoms with van der Waals surface area (Å²) in [7, 11) is 0. The van der Waals surface area contributed by atoms with Crippen molar-refractivity contribution in [2.24, 2.45) is 0 Å². The van der Waals surface area contributed by atoms with E-state index >= 15 is 0 Å². The summed E-state index contributed by atoms with van der Waals surface area (Å²) in [6.07, 6.45) is 7.45. The Labute approximate surface area is 134 Å². The topological polar surface area (TPSA) is 0 Å². The molecule has 0 spiro atoms. The molecule has 0 radical (unpaired) electrons. The number of hydrogen-bond donors (Lipinski definition) is 0. The molecule has 0 saturated heterocycles. The standard InChI is InChI=1S/C22H26/c1-3-5-7-17-9-11-19-13-14-20-12-10-18(8-6-4-2)16-22(20)21(19)15-17/h9-16H,3-8H2,1-2H3. The molecule has 3 rings (SSSR count). The number of aryl methyl sites for hydroxylation is 2. The zero-order valence-corrected chi connectivity index (χ0v) is 13.9. The van der Waals surface area contributed by atoms with Gasteiger partial charge in [0.1, 0.15) is 0 Å². The molecule has 0 heterocycles. The molecule has 0 nitrogen and oxygen atoms in total. The van der Waals surface area contributed by atoms with Crippen molar-refractivity contribution in [1.82, 2.24) is 0 Å². The van der Waals surface area contributed by atoms with Crippen molar-refractivity contribution in [2.75, 3.05) is 0 Å². The minimum Gasteiger partial charge on any atom is -0.0654 e. The first-order chi connectivity index (χ1) is 10.8. The molecule has 0 amide bonds. The first-order valence-electron chi connectivity index (χ1n) is 8.76. The van der Waals surface area contributed by atoms with Crippen LogP contribution in [0.5, 0.6) is 0 Å². The summed E-state index contributed by atoms with van der Waals surface area (Å²) in [5.74, 6) is 0. The van der Waals surface area contributed by atoms with Gasteiger partial charge in [0.15, 0.2) is 0 Å². The van der Waals surface area contributed by atoms with Crippen molar-refractivity contribution in [2.45, 2.75) is 52.4 Å². The number of benzene rings is 3. The molecule has 0 atom stereocenters. The lowest BCUT2D eigenvalue weighted by molar-refractivity contribution is 0.795. The molecular weight excluding hydrogens is 264 g/mol. The smallest absolute Gasteiger partial charge is 0.0103 e. The molecule has 0 bridgehead atoms. The molecule has 0 aliphatic carbocycles. The lowest BCUT2D eigenvalue weighted by Gasteiger charge is -2.09. The van der Waals surface area contributed by atoms with Crippen molar-refractivity contribution in [1.29, 1.82) is 0 Å². The van der Waals surface area contributed by atoms with E-state index < -0.39 is 0 Å². The molecule has 3 aromatic rings. The Balaban J connectivity index is 2.09. The molecule has 0 unspecified atom stereocenters. The van der Waals surface area contributed by atoms with Crippen molar-refractivity contribution in [3.8, 4) is 0 Å². The van der Waals surface area contributed by atoms with Crippen LogP contribution >= 0.6 is 0 Å². The van der Waals surface area contributed by atoms with Crippen molar-refractivity contribution in [3.05, 3.63) is 59.7 Å². The van der Waals surface area contributed by atoms with Crippen LogP contribution in [0.1, 0.15) is 50.7 Å². The van der Waals surface area contributed by atoms with Gasteiger partial charge in [-0.2, -0.15) is 0 Å². The van der Waals surface area contributed by atoms with Crippen LogP contribution in [-0.4, -0.2) is 0 Å². The maximum atomic E-state index is 2.41. The quantitative estimate of drug-likeness (QED) is 0.444. The lowest BCUT2D eigenvalue weighted by Crippen LogP contribution is -1.88. The Hall–Kier alpha value is -1.82. The van der Waals surface area contributed by atoms with Gasteiger partial charge < -0.3 is 0 Å². The first-order valence-corrected chi connectivity index (χ1v) is 8.76. The van der Waals surface area contributed by atoms with E-state index in [1.54, 1.807) is 0 Å². The Morgan fingerprint density at radius 3 is 1.41 bits per heavy atom. The van der Waals surface area contributed by atoms with Gasteiger partial charge in [0.2, 0.25) is 0 Å². The Morgan fingerprint density at radius 1 is 0.591 bits per heavy atom. The highest BCUT2D eigenvalue weighted by atomic mass is 14.1. The molecule has 22 heavy (non-hydrogen) atoms. The molecule has 114 valence electrons. The van der Waals surface area contributed by atoms with E-state index in [9.17, 15) is 0 Å². The Bertz CT molecular complexity index is 701. The predicted octanol–water partition coefficient (Wildman–Crippen LogP) is 6.68. The first kappa shape index (κ1) is 15.1. The van der Waals surface area contributed by atoms with Crippen LogP contribution in [0.15, 0.2) is 48.5 Å². The molecule has 0 aromatic heterocycles. The third-order valence-corrected chi connectivity index (χ3v) is 4.61. The maximum absolute atomic E-state index is 2.41.